The number of nitrogens with one attached hydrogen (secondary N) is 2. The van der Waals surface area contributed by atoms with Crippen LogP contribution in [-0.2, 0) is 0 Å². The van der Waals surface area contributed by atoms with Crippen molar-refractivity contribution in [3.63, 3.8) is 0 Å². The molecule has 0 aliphatic heterocycles. The van der Waals surface area contributed by atoms with E-state index in [1.54, 1.807) is 0 Å². The zero-order valence-electron chi connectivity index (χ0n) is 10.7. The summed E-state index contributed by atoms with van der Waals surface area (Å²) in [6.45, 7) is 0. The van der Waals surface area contributed by atoms with E-state index < -0.39 is 11.7 Å². The van der Waals surface area contributed by atoms with E-state index in [0.29, 0.717) is 11.4 Å². The van der Waals surface area contributed by atoms with Crippen LogP contribution in [0.5, 0.6) is 5.75 Å². The number of ether oxygens (including phenoxy) is 1. The predicted octanol–water partition coefficient (Wildman–Crippen LogP) is 1.77. The molecule has 4 N–H and O–H groups in total. The summed E-state index contributed by atoms with van der Waals surface area (Å²) in [6, 6.07) is 5.54. The molecule has 0 spiro atoms. The molecule has 6 nitrogen and oxygen atoms in total. The summed E-state index contributed by atoms with van der Waals surface area (Å²) in [5.74, 6) is 4.67. The number of carbonyl (C=O) groups excluding carboxylic acids is 1. The van der Waals surface area contributed by atoms with Gasteiger partial charge in [0.2, 0.25) is 0 Å². The van der Waals surface area contributed by atoms with Crippen molar-refractivity contribution in [2.75, 3.05) is 17.9 Å². The molecule has 20 heavy (non-hydrogen) atoms. The van der Waals surface area contributed by atoms with E-state index in [9.17, 15) is 9.18 Å². The molecule has 0 radical (unpaired) electrons. The van der Waals surface area contributed by atoms with Gasteiger partial charge in [0.15, 0.2) is 0 Å². The summed E-state index contributed by atoms with van der Waals surface area (Å²) < 4.78 is 18.6. The second kappa shape index (κ2) is 5.98. The standard InChI is InChI=1S/C13H13FN4O2/c1-20-8-2-3-10(14)11(6-8)17-13(19)9-4-5-16-7-12(9)18-15/h2-7,18H,15H2,1H3,(H,17,19). The van der Waals surface area contributed by atoms with E-state index in [1.165, 1.54) is 43.8 Å². The number of nitrogen functional groups attached to an aromatic ring is 1. The Morgan fingerprint density at radius 1 is 1.35 bits per heavy atom. The highest BCUT2D eigenvalue weighted by Crippen LogP contribution is 2.22. The van der Waals surface area contributed by atoms with E-state index in [4.69, 9.17) is 10.6 Å². The molecule has 1 heterocycles. The number of halogens is 1. The van der Waals surface area contributed by atoms with Crippen LogP contribution in [0.25, 0.3) is 0 Å². The number of hydrogen-bond donors (Lipinski definition) is 3. The third kappa shape index (κ3) is 2.83. The molecule has 2 rings (SSSR count). The Bertz CT molecular complexity index is 634. The van der Waals surface area contributed by atoms with Gasteiger partial charge in [0, 0.05) is 12.3 Å². The minimum atomic E-state index is -0.560. The number of anilines is 2. The van der Waals surface area contributed by atoms with Gasteiger partial charge in [0.05, 0.1) is 30.2 Å². The van der Waals surface area contributed by atoms with Crippen LogP contribution in [0.3, 0.4) is 0 Å². The van der Waals surface area contributed by atoms with Crippen molar-refractivity contribution in [3.8, 4) is 5.75 Å². The second-order valence-electron chi connectivity index (χ2n) is 3.87. The Labute approximate surface area is 114 Å². The van der Waals surface area contributed by atoms with Gasteiger partial charge in [-0.2, -0.15) is 0 Å². The molecule has 104 valence electrons. The summed E-state index contributed by atoms with van der Waals surface area (Å²) in [5, 5.41) is 2.46. The van der Waals surface area contributed by atoms with Crippen molar-refractivity contribution in [3.05, 3.63) is 48.0 Å². The number of carbonyl (C=O) groups is 1. The Morgan fingerprint density at radius 3 is 2.85 bits per heavy atom. The minimum Gasteiger partial charge on any atom is -0.497 e. The van der Waals surface area contributed by atoms with E-state index in [-0.39, 0.29) is 11.3 Å². The van der Waals surface area contributed by atoms with Crippen LogP contribution in [0.4, 0.5) is 15.8 Å². The van der Waals surface area contributed by atoms with Crippen molar-refractivity contribution in [1.29, 1.82) is 0 Å². The number of methoxy groups -OCH3 is 1. The molecular formula is C13H13FN4O2. The Kier molecular flexibility index (Phi) is 4.11. The molecule has 0 bridgehead atoms. The van der Waals surface area contributed by atoms with Crippen LogP contribution in [0, 0.1) is 5.82 Å². The summed E-state index contributed by atoms with van der Waals surface area (Å²) in [7, 11) is 1.46. The predicted molar refractivity (Wildman–Crippen MR) is 73.0 cm³/mol. The first-order valence-corrected chi connectivity index (χ1v) is 5.71. The van der Waals surface area contributed by atoms with Gasteiger partial charge in [0.1, 0.15) is 11.6 Å². The maximum atomic E-state index is 13.6. The fraction of sp³-hybridized carbons (Fsp3) is 0.0769. The number of nitrogens with two attached hydrogens (primary N) is 1. The quantitative estimate of drug-likeness (QED) is 0.585. The van der Waals surface area contributed by atoms with Crippen LogP contribution in [0.1, 0.15) is 10.4 Å². The molecular weight excluding hydrogens is 263 g/mol. The van der Waals surface area contributed by atoms with Gasteiger partial charge in [-0.25, -0.2) is 4.39 Å². The van der Waals surface area contributed by atoms with E-state index in [1.807, 2.05) is 0 Å². The summed E-state index contributed by atoms with van der Waals surface area (Å²) in [4.78, 5) is 15.9. The molecule has 1 amide bonds. The first kappa shape index (κ1) is 13.8. The Hall–Kier alpha value is -2.67. The maximum absolute atomic E-state index is 13.6. The third-order valence-corrected chi connectivity index (χ3v) is 2.64. The zero-order chi connectivity index (χ0) is 14.5. The molecule has 0 saturated carbocycles. The van der Waals surface area contributed by atoms with Crippen molar-refractivity contribution in [2.45, 2.75) is 0 Å². The number of rotatable bonds is 4. The number of nitrogens with zero attached hydrogens (tertiary/aromatic N) is 1. The average molecular weight is 276 g/mol. The number of benzene rings is 1. The van der Waals surface area contributed by atoms with Gasteiger partial charge in [-0.05, 0) is 18.2 Å². The zero-order valence-corrected chi connectivity index (χ0v) is 10.7. The Morgan fingerprint density at radius 2 is 2.15 bits per heavy atom. The van der Waals surface area contributed by atoms with Crippen LogP contribution < -0.4 is 21.3 Å². The van der Waals surface area contributed by atoms with Crippen molar-refractivity contribution in [1.82, 2.24) is 4.98 Å². The highest BCUT2D eigenvalue weighted by atomic mass is 19.1. The fourth-order valence-corrected chi connectivity index (χ4v) is 1.62. The van der Waals surface area contributed by atoms with Gasteiger partial charge >= 0.3 is 0 Å². The van der Waals surface area contributed by atoms with E-state index in [2.05, 4.69) is 15.7 Å². The van der Waals surface area contributed by atoms with Gasteiger partial charge in [0.25, 0.3) is 5.91 Å². The van der Waals surface area contributed by atoms with Crippen molar-refractivity contribution < 1.29 is 13.9 Å². The van der Waals surface area contributed by atoms with Gasteiger partial charge in [-0.3, -0.25) is 15.6 Å². The minimum absolute atomic E-state index is 0.0223. The van der Waals surface area contributed by atoms with Crippen LogP contribution in [-0.4, -0.2) is 18.0 Å². The molecule has 2 aromatic rings. The molecule has 0 saturated heterocycles. The van der Waals surface area contributed by atoms with Crippen LogP contribution in [0.2, 0.25) is 0 Å². The monoisotopic (exact) mass is 276 g/mol. The normalized spacial score (nSPS) is 9.95. The number of pyridine rings is 1. The molecule has 0 aliphatic rings. The largest absolute Gasteiger partial charge is 0.497 e. The molecule has 1 aromatic heterocycles. The molecule has 0 unspecified atom stereocenters. The smallest absolute Gasteiger partial charge is 0.258 e. The number of amides is 1. The molecule has 7 heteroatoms. The van der Waals surface area contributed by atoms with E-state index in [0.717, 1.165) is 0 Å². The lowest BCUT2D eigenvalue weighted by molar-refractivity contribution is 0.102. The van der Waals surface area contributed by atoms with Crippen molar-refractivity contribution in [2.24, 2.45) is 5.84 Å². The molecule has 0 fully saturated rings. The highest BCUT2D eigenvalue weighted by Gasteiger charge is 2.13. The van der Waals surface area contributed by atoms with Crippen LogP contribution in [0.15, 0.2) is 36.7 Å². The fourth-order valence-electron chi connectivity index (χ4n) is 1.62. The van der Waals surface area contributed by atoms with E-state index >= 15 is 0 Å². The number of aromatic nitrogens is 1. The van der Waals surface area contributed by atoms with Crippen molar-refractivity contribution >= 4 is 17.3 Å². The number of hydrazine groups is 1. The van der Waals surface area contributed by atoms with Gasteiger partial charge in [-0.15, -0.1) is 0 Å². The maximum Gasteiger partial charge on any atom is 0.258 e. The highest BCUT2D eigenvalue weighted by molar-refractivity contribution is 6.07. The topological polar surface area (TPSA) is 89.3 Å². The average Bonchev–Trinajstić information content (AvgIpc) is 2.49. The molecule has 0 aliphatic carbocycles. The summed E-state index contributed by atoms with van der Waals surface area (Å²) >= 11 is 0. The Balaban J connectivity index is 2.27. The summed E-state index contributed by atoms with van der Waals surface area (Å²) in [5.41, 5.74) is 2.98. The molecule has 0 atom stereocenters. The SMILES string of the molecule is COc1ccc(F)c(NC(=O)c2ccncc2NN)c1. The number of hydrogen-bond acceptors (Lipinski definition) is 5. The first-order chi connectivity index (χ1) is 9.65. The summed E-state index contributed by atoms with van der Waals surface area (Å²) in [6.07, 6.45) is 2.84. The van der Waals surface area contributed by atoms with Crippen LogP contribution >= 0.6 is 0 Å². The third-order valence-electron chi connectivity index (χ3n) is 2.64. The first-order valence-electron chi connectivity index (χ1n) is 5.71. The lowest BCUT2D eigenvalue weighted by Crippen LogP contribution is -2.18. The molecule has 1 aromatic carbocycles. The van der Waals surface area contributed by atoms with Gasteiger partial charge in [-0.1, -0.05) is 0 Å². The van der Waals surface area contributed by atoms with Gasteiger partial charge < -0.3 is 15.5 Å². The lowest BCUT2D eigenvalue weighted by atomic mass is 10.2. The lowest BCUT2D eigenvalue weighted by Gasteiger charge is -2.10. The second-order valence-corrected chi connectivity index (χ2v) is 3.87.